The number of benzene rings is 2. The summed E-state index contributed by atoms with van der Waals surface area (Å²) in [5.74, 6) is -0.254. The molecule has 1 aliphatic heterocycles. The molecule has 0 unspecified atom stereocenters. The average molecular weight is 476 g/mol. The summed E-state index contributed by atoms with van der Waals surface area (Å²) >= 11 is 0. The largest absolute Gasteiger partial charge is 1.00 e. The fourth-order valence-electron chi connectivity index (χ4n) is 3.92. The van der Waals surface area contributed by atoms with E-state index in [0.29, 0.717) is 12.3 Å². The molecule has 0 aliphatic carbocycles. The lowest BCUT2D eigenvalue weighted by molar-refractivity contribution is -0.897. The molecule has 4 nitrogen and oxygen atoms in total. The number of halogens is 1. The van der Waals surface area contributed by atoms with Crippen LogP contribution in [-0.4, -0.2) is 48.3 Å². The zero-order valence-electron chi connectivity index (χ0n) is 15.6. The molecule has 142 valence electrons. The van der Waals surface area contributed by atoms with E-state index in [0.717, 1.165) is 27.6 Å². The highest BCUT2D eigenvalue weighted by Gasteiger charge is 2.27. The summed E-state index contributed by atoms with van der Waals surface area (Å²) in [7, 11) is 2.25. The summed E-state index contributed by atoms with van der Waals surface area (Å²) in [6, 6.07) is 20.0. The van der Waals surface area contributed by atoms with Crippen molar-refractivity contribution in [2.75, 3.05) is 33.3 Å². The quantitative estimate of drug-likeness (QED) is 0.313. The van der Waals surface area contributed by atoms with Gasteiger partial charge in [0.05, 0.1) is 25.7 Å². The van der Waals surface area contributed by atoms with Crippen LogP contribution in [0.3, 0.4) is 0 Å². The molecule has 1 aliphatic rings. The fraction of sp³-hybridized carbons (Fsp3) is 0.318. The van der Waals surface area contributed by atoms with E-state index in [9.17, 15) is 4.79 Å². The molecule has 1 fully saturated rings. The lowest BCUT2D eigenvalue weighted by Crippen LogP contribution is -3.00. The number of carbonyl (C=O) groups is 1. The van der Waals surface area contributed by atoms with Crippen molar-refractivity contribution in [1.29, 1.82) is 0 Å². The van der Waals surface area contributed by atoms with Gasteiger partial charge in [0.25, 0.3) is 0 Å². The van der Waals surface area contributed by atoms with E-state index in [1.54, 1.807) is 0 Å². The molecule has 27 heavy (non-hydrogen) atoms. The van der Waals surface area contributed by atoms with Gasteiger partial charge in [-0.1, -0.05) is 36.4 Å². The van der Waals surface area contributed by atoms with E-state index in [1.165, 1.54) is 25.9 Å². The minimum atomic E-state index is -0.254. The third kappa shape index (κ3) is 4.19. The maximum Gasteiger partial charge on any atom is 0.355 e. The number of hydrogen-bond donors (Lipinski definition) is 0. The Morgan fingerprint density at radius 3 is 2.44 bits per heavy atom. The van der Waals surface area contributed by atoms with Gasteiger partial charge in [-0.2, -0.15) is 0 Å². The van der Waals surface area contributed by atoms with Crippen LogP contribution in [0.2, 0.25) is 0 Å². The van der Waals surface area contributed by atoms with Gasteiger partial charge in [0.1, 0.15) is 18.8 Å². The Morgan fingerprint density at radius 2 is 1.70 bits per heavy atom. The summed E-state index contributed by atoms with van der Waals surface area (Å²) in [6.45, 7) is 3.71. The highest BCUT2D eigenvalue weighted by molar-refractivity contribution is 5.97. The summed E-state index contributed by atoms with van der Waals surface area (Å²) in [6.07, 6.45) is 2.54. The van der Waals surface area contributed by atoms with Crippen LogP contribution >= 0.6 is 0 Å². The SMILES string of the molecule is C[N+]1(CCOC(=O)c2cc3ccccc3n2-c2ccccc2)CCCC1.[I-]. The van der Waals surface area contributed by atoms with Gasteiger partial charge < -0.3 is 37.8 Å². The number of likely N-dealkylation sites (tertiary alicyclic amines) is 1. The van der Waals surface area contributed by atoms with E-state index in [4.69, 9.17) is 4.74 Å². The molecule has 3 aromatic rings. The summed E-state index contributed by atoms with van der Waals surface area (Å²) in [4.78, 5) is 12.8. The molecular formula is C22H25IN2O2. The molecule has 0 atom stereocenters. The maximum absolute atomic E-state index is 12.8. The Kier molecular flexibility index (Phi) is 6.22. The van der Waals surface area contributed by atoms with Gasteiger partial charge in [0, 0.05) is 23.9 Å². The van der Waals surface area contributed by atoms with Crippen LogP contribution in [0, 0.1) is 0 Å². The smallest absolute Gasteiger partial charge is 0.355 e. The Bertz CT molecular complexity index is 914. The topological polar surface area (TPSA) is 31.2 Å². The number of ether oxygens (including phenoxy) is 1. The Balaban J connectivity index is 0.00000210. The van der Waals surface area contributed by atoms with Crippen LogP contribution < -0.4 is 24.0 Å². The molecule has 0 radical (unpaired) electrons. The number of likely N-dealkylation sites (N-methyl/N-ethyl adjacent to an activating group) is 1. The van der Waals surface area contributed by atoms with Gasteiger partial charge in [-0.05, 0) is 24.3 Å². The molecule has 1 aromatic heterocycles. The molecule has 0 N–H and O–H groups in total. The number of fused-ring (bicyclic) bond motifs is 1. The van der Waals surface area contributed by atoms with Crippen molar-refractivity contribution in [3.63, 3.8) is 0 Å². The zero-order chi connectivity index (χ0) is 18.0. The number of aromatic nitrogens is 1. The minimum Gasteiger partial charge on any atom is -1.00 e. The number of para-hydroxylation sites is 2. The minimum absolute atomic E-state index is 0. The van der Waals surface area contributed by atoms with Crippen LogP contribution in [0.1, 0.15) is 23.3 Å². The van der Waals surface area contributed by atoms with Crippen LogP contribution in [0.25, 0.3) is 16.6 Å². The van der Waals surface area contributed by atoms with Crippen molar-refractivity contribution < 1.29 is 38.0 Å². The Hall–Kier alpha value is -1.86. The molecule has 0 bridgehead atoms. The molecular weight excluding hydrogens is 451 g/mol. The van der Waals surface area contributed by atoms with Crippen molar-refractivity contribution in [3.05, 3.63) is 66.4 Å². The van der Waals surface area contributed by atoms with Crippen molar-refractivity contribution in [1.82, 2.24) is 4.57 Å². The zero-order valence-corrected chi connectivity index (χ0v) is 17.8. The van der Waals surface area contributed by atoms with Gasteiger partial charge in [0.2, 0.25) is 0 Å². The van der Waals surface area contributed by atoms with E-state index in [-0.39, 0.29) is 29.9 Å². The molecule has 4 rings (SSSR count). The third-order valence-corrected chi connectivity index (χ3v) is 5.44. The Labute approximate surface area is 177 Å². The van der Waals surface area contributed by atoms with Gasteiger partial charge in [-0.3, -0.25) is 0 Å². The lowest BCUT2D eigenvalue weighted by atomic mass is 10.2. The number of nitrogens with zero attached hydrogens (tertiary/aromatic N) is 2. The number of quaternary nitrogens is 1. The van der Waals surface area contributed by atoms with Crippen LogP contribution in [0.4, 0.5) is 0 Å². The first-order valence-electron chi connectivity index (χ1n) is 9.33. The van der Waals surface area contributed by atoms with E-state index in [1.807, 2.05) is 65.2 Å². The van der Waals surface area contributed by atoms with E-state index in [2.05, 4.69) is 7.05 Å². The van der Waals surface area contributed by atoms with Gasteiger partial charge in [0.15, 0.2) is 0 Å². The van der Waals surface area contributed by atoms with Gasteiger partial charge in [-0.15, -0.1) is 0 Å². The fourth-order valence-corrected chi connectivity index (χ4v) is 3.92. The first-order chi connectivity index (χ1) is 12.7. The molecule has 2 heterocycles. The van der Waals surface area contributed by atoms with Gasteiger partial charge >= 0.3 is 5.97 Å². The average Bonchev–Trinajstić information content (AvgIpc) is 3.26. The van der Waals surface area contributed by atoms with Crippen molar-refractivity contribution in [2.24, 2.45) is 0 Å². The lowest BCUT2D eigenvalue weighted by Gasteiger charge is -2.28. The highest BCUT2D eigenvalue weighted by Crippen LogP contribution is 2.25. The summed E-state index contributed by atoms with van der Waals surface area (Å²) in [5, 5.41) is 1.04. The molecule has 0 saturated carbocycles. The second kappa shape index (κ2) is 8.44. The van der Waals surface area contributed by atoms with Crippen LogP contribution in [-0.2, 0) is 4.74 Å². The first kappa shape index (κ1) is 19.9. The third-order valence-electron chi connectivity index (χ3n) is 5.44. The van der Waals surface area contributed by atoms with Gasteiger partial charge in [-0.25, -0.2) is 4.79 Å². The second-order valence-electron chi connectivity index (χ2n) is 7.39. The summed E-state index contributed by atoms with van der Waals surface area (Å²) < 4.78 is 8.67. The van der Waals surface area contributed by atoms with Crippen molar-refractivity contribution >= 4 is 16.9 Å². The van der Waals surface area contributed by atoms with E-state index < -0.39 is 0 Å². The van der Waals surface area contributed by atoms with Crippen LogP contribution in [0.15, 0.2) is 60.7 Å². The number of esters is 1. The molecule has 5 heteroatoms. The molecule has 2 aromatic carbocycles. The summed E-state index contributed by atoms with van der Waals surface area (Å²) in [5.41, 5.74) is 2.57. The van der Waals surface area contributed by atoms with Crippen molar-refractivity contribution in [2.45, 2.75) is 12.8 Å². The monoisotopic (exact) mass is 476 g/mol. The second-order valence-corrected chi connectivity index (χ2v) is 7.39. The number of hydrogen-bond acceptors (Lipinski definition) is 2. The van der Waals surface area contributed by atoms with Crippen molar-refractivity contribution in [3.8, 4) is 5.69 Å². The number of carbonyl (C=O) groups excluding carboxylic acids is 1. The predicted molar refractivity (Wildman–Crippen MR) is 104 cm³/mol. The standard InChI is InChI=1S/C22H25N2O2.HI/c1-24(13-7-8-14-24)15-16-26-22(25)21-17-18-9-5-6-12-20(18)23(21)19-10-3-2-4-11-19;/h2-6,9-12,17H,7-8,13-16H2,1H3;1H/q+1;/p-1. The maximum atomic E-state index is 12.8. The first-order valence-corrected chi connectivity index (χ1v) is 9.33. The predicted octanol–water partition coefficient (Wildman–Crippen LogP) is 1.03. The van der Waals surface area contributed by atoms with Crippen LogP contribution in [0.5, 0.6) is 0 Å². The van der Waals surface area contributed by atoms with E-state index >= 15 is 0 Å². The number of rotatable bonds is 5. The normalized spacial score (nSPS) is 15.4. The molecule has 0 spiro atoms. The highest BCUT2D eigenvalue weighted by atomic mass is 127. The molecule has 0 amide bonds. The Morgan fingerprint density at radius 1 is 1.04 bits per heavy atom. The molecule has 1 saturated heterocycles.